The second kappa shape index (κ2) is 8.78. The Balaban J connectivity index is 1.51. The number of likely N-dealkylation sites (N-methyl/N-ethyl adjacent to an activating group) is 1. The molecule has 1 saturated carbocycles. The number of hydrogen-bond donors (Lipinski definition) is 0. The summed E-state index contributed by atoms with van der Waals surface area (Å²) in [6.07, 6.45) is 2.36. The lowest BCUT2D eigenvalue weighted by molar-refractivity contribution is -0.0209. The molecule has 2 aliphatic rings. The van der Waals surface area contributed by atoms with Crippen molar-refractivity contribution in [1.29, 1.82) is 0 Å². The third-order valence-electron chi connectivity index (χ3n) is 6.85. The van der Waals surface area contributed by atoms with Crippen LogP contribution >= 0.6 is 0 Å². The van der Waals surface area contributed by atoms with Crippen molar-refractivity contribution in [1.82, 2.24) is 9.80 Å². The van der Waals surface area contributed by atoms with E-state index in [0.29, 0.717) is 17.9 Å². The Hall–Kier alpha value is -2.37. The highest BCUT2D eigenvalue weighted by atomic mass is 16.5. The van der Waals surface area contributed by atoms with E-state index in [-0.39, 0.29) is 12.0 Å². The first kappa shape index (κ1) is 20.9. The Morgan fingerprint density at radius 1 is 0.967 bits per heavy atom. The Morgan fingerprint density at radius 2 is 1.63 bits per heavy atom. The minimum Gasteiger partial charge on any atom is -0.497 e. The van der Waals surface area contributed by atoms with Crippen LogP contribution in [0.15, 0.2) is 48.5 Å². The number of fused-ring (bicyclic) bond motifs is 1. The molecule has 30 heavy (non-hydrogen) atoms. The van der Waals surface area contributed by atoms with Crippen molar-refractivity contribution in [3.05, 3.63) is 54.1 Å². The second-order valence-electron chi connectivity index (χ2n) is 8.82. The molecule has 0 N–H and O–H groups in total. The first-order valence-corrected chi connectivity index (χ1v) is 10.7. The molecule has 1 saturated heterocycles. The maximum absolute atomic E-state index is 13.3. The van der Waals surface area contributed by atoms with E-state index in [4.69, 9.17) is 9.47 Å². The molecule has 5 heteroatoms. The van der Waals surface area contributed by atoms with E-state index in [2.05, 4.69) is 19.0 Å². The van der Waals surface area contributed by atoms with Crippen LogP contribution in [0.2, 0.25) is 0 Å². The number of ether oxygens (including phenoxy) is 2. The summed E-state index contributed by atoms with van der Waals surface area (Å²) in [6.45, 7) is 1.67. The fourth-order valence-corrected chi connectivity index (χ4v) is 5.17. The number of rotatable bonds is 5. The summed E-state index contributed by atoms with van der Waals surface area (Å²) in [5, 5.41) is 0. The molecule has 1 aliphatic carbocycles. The van der Waals surface area contributed by atoms with Gasteiger partial charge in [-0.1, -0.05) is 24.3 Å². The molecule has 0 unspecified atom stereocenters. The highest BCUT2D eigenvalue weighted by Crippen LogP contribution is 2.39. The number of methoxy groups -OCH3 is 2. The molecule has 1 heterocycles. The molecule has 4 rings (SSSR count). The molecule has 0 spiro atoms. The standard InChI is InChI=1S/C25H32N2O3/c1-26(2)23-13-20-15-27(16-21(20)14-24(23)30-4)25(28)19-9-5-7-17(11-19)18-8-6-10-22(12-18)29-3/h5-12,20-21,23-24H,13-16H2,1-4H3/t20-,21+,23-,24-/m1/s1. The van der Waals surface area contributed by atoms with Gasteiger partial charge in [0, 0.05) is 31.8 Å². The van der Waals surface area contributed by atoms with Gasteiger partial charge in [0.2, 0.25) is 0 Å². The van der Waals surface area contributed by atoms with Crippen LogP contribution in [-0.2, 0) is 4.74 Å². The fraction of sp³-hybridized carbons (Fsp3) is 0.480. The minimum atomic E-state index is 0.129. The molecule has 4 atom stereocenters. The first-order valence-electron chi connectivity index (χ1n) is 10.7. The van der Waals surface area contributed by atoms with Crippen molar-refractivity contribution in [2.45, 2.75) is 25.0 Å². The quantitative estimate of drug-likeness (QED) is 0.755. The predicted molar refractivity (Wildman–Crippen MR) is 119 cm³/mol. The van der Waals surface area contributed by atoms with Crippen LogP contribution < -0.4 is 4.74 Å². The number of carbonyl (C=O) groups excluding carboxylic acids is 1. The van der Waals surface area contributed by atoms with Crippen LogP contribution in [0, 0.1) is 11.8 Å². The van der Waals surface area contributed by atoms with E-state index in [0.717, 1.165) is 48.4 Å². The summed E-state index contributed by atoms with van der Waals surface area (Å²) in [5.74, 6) is 2.02. The molecule has 0 bridgehead atoms. The Morgan fingerprint density at radius 3 is 2.30 bits per heavy atom. The highest BCUT2D eigenvalue weighted by Gasteiger charge is 2.44. The van der Waals surface area contributed by atoms with Crippen molar-refractivity contribution < 1.29 is 14.3 Å². The van der Waals surface area contributed by atoms with Crippen LogP contribution in [0.1, 0.15) is 23.2 Å². The summed E-state index contributed by atoms with van der Waals surface area (Å²) in [6, 6.07) is 16.3. The number of likely N-dealkylation sites (tertiary alicyclic amines) is 1. The van der Waals surface area contributed by atoms with Gasteiger partial charge in [-0.25, -0.2) is 0 Å². The van der Waals surface area contributed by atoms with Crippen LogP contribution in [-0.4, -0.2) is 69.3 Å². The number of benzene rings is 2. The molecule has 160 valence electrons. The van der Waals surface area contributed by atoms with Crippen LogP contribution in [0.5, 0.6) is 5.75 Å². The summed E-state index contributed by atoms with van der Waals surface area (Å²) >= 11 is 0. The van der Waals surface area contributed by atoms with Crippen molar-refractivity contribution in [3.63, 3.8) is 0 Å². The Kier molecular flexibility index (Phi) is 6.11. The molecular formula is C25H32N2O3. The van der Waals surface area contributed by atoms with Crippen LogP contribution in [0.25, 0.3) is 11.1 Å². The fourth-order valence-electron chi connectivity index (χ4n) is 5.17. The van der Waals surface area contributed by atoms with E-state index in [1.165, 1.54) is 0 Å². The van der Waals surface area contributed by atoms with Gasteiger partial charge in [-0.05, 0) is 74.2 Å². The first-order chi connectivity index (χ1) is 14.5. The number of nitrogens with zero attached hydrogens (tertiary/aromatic N) is 2. The lowest BCUT2D eigenvalue weighted by Gasteiger charge is -2.40. The van der Waals surface area contributed by atoms with Gasteiger partial charge in [0.05, 0.1) is 13.2 Å². The Bertz CT molecular complexity index is 897. The zero-order chi connectivity index (χ0) is 21.3. The number of hydrogen-bond acceptors (Lipinski definition) is 4. The average Bonchev–Trinajstić information content (AvgIpc) is 3.20. The van der Waals surface area contributed by atoms with E-state index in [1.54, 1.807) is 7.11 Å². The molecule has 0 aromatic heterocycles. The highest BCUT2D eigenvalue weighted by molar-refractivity contribution is 5.95. The summed E-state index contributed by atoms with van der Waals surface area (Å²) in [4.78, 5) is 17.6. The van der Waals surface area contributed by atoms with Gasteiger partial charge in [-0.15, -0.1) is 0 Å². The van der Waals surface area contributed by atoms with Crippen LogP contribution in [0.3, 0.4) is 0 Å². The van der Waals surface area contributed by atoms with Gasteiger partial charge in [-0.3, -0.25) is 4.79 Å². The predicted octanol–water partition coefficient (Wildman–Crippen LogP) is 3.79. The van der Waals surface area contributed by atoms with E-state index in [1.807, 2.05) is 60.5 Å². The lowest BCUT2D eigenvalue weighted by atomic mass is 9.77. The third-order valence-corrected chi connectivity index (χ3v) is 6.85. The van der Waals surface area contributed by atoms with Gasteiger partial charge >= 0.3 is 0 Å². The van der Waals surface area contributed by atoms with Gasteiger partial charge in [0.1, 0.15) is 5.75 Å². The molecule has 5 nitrogen and oxygen atoms in total. The monoisotopic (exact) mass is 408 g/mol. The molecule has 2 aromatic carbocycles. The zero-order valence-corrected chi connectivity index (χ0v) is 18.4. The van der Waals surface area contributed by atoms with Crippen molar-refractivity contribution >= 4 is 5.91 Å². The van der Waals surface area contributed by atoms with Gasteiger partial charge < -0.3 is 19.3 Å². The molecule has 2 fully saturated rings. The lowest BCUT2D eigenvalue weighted by Crippen LogP contribution is -2.47. The summed E-state index contributed by atoms with van der Waals surface area (Å²) in [5.41, 5.74) is 2.83. The second-order valence-corrected chi connectivity index (χ2v) is 8.82. The van der Waals surface area contributed by atoms with Gasteiger partial charge in [0.25, 0.3) is 5.91 Å². The molecule has 2 aromatic rings. The smallest absolute Gasteiger partial charge is 0.253 e. The van der Waals surface area contributed by atoms with Crippen molar-refractivity contribution in [3.8, 4) is 16.9 Å². The van der Waals surface area contributed by atoms with E-state index >= 15 is 0 Å². The third kappa shape index (κ3) is 4.09. The van der Waals surface area contributed by atoms with E-state index in [9.17, 15) is 4.79 Å². The van der Waals surface area contributed by atoms with Crippen molar-refractivity contribution in [2.24, 2.45) is 11.8 Å². The normalized spacial score (nSPS) is 26.0. The van der Waals surface area contributed by atoms with Gasteiger partial charge in [-0.2, -0.15) is 0 Å². The summed E-state index contributed by atoms with van der Waals surface area (Å²) < 4.78 is 11.1. The molecule has 1 aliphatic heterocycles. The van der Waals surface area contributed by atoms with E-state index < -0.39 is 0 Å². The van der Waals surface area contributed by atoms with Crippen LogP contribution in [0.4, 0.5) is 0 Å². The number of carbonyl (C=O) groups is 1. The van der Waals surface area contributed by atoms with Crippen molar-refractivity contribution in [2.75, 3.05) is 41.4 Å². The summed E-state index contributed by atoms with van der Waals surface area (Å²) in [7, 11) is 7.72. The number of amides is 1. The maximum atomic E-state index is 13.3. The molecule has 0 radical (unpaired) electrons. The Labute approximate surface area is 179 Å². The SMILES string of the molecule is COc1cccc(-c2cccc(C(=O)N3C[C@H]4C[C@@H](N(C)C)[C@H](OC)C[C@H]4C3)c2)c1. The minimum absolute atomic E-state index is 0.129. The maximum Gasteiger partial charge on any atom is 0.253 e. The molecular weight excluding hydrogens is 376 g/mol. The topological polar surface area (TPSA) is 42.0 Å². The van der Waals surface area contributed by atoms with Gasteiger partial charge in [0.15, 0.2) is 0 Å². The molecule has 1 amide bonds. The zero-order valence-electron chi connectivity index (χ0n) is 18.4. The largest absolute Gasteiger partial charge is 0.497 e. The average molecular weight is 409 g/mol.